The summed E-state index contributed by atoms with van der Waals surface area (Å²) in [5.74, 6) is -0.223. The Morgan fingerprint density at radius 2 is 1.53 bits per heavy atom. The van der Waals surface area contributed by atoms with Crippen LogP contribution in [0.3, 0.4) is 0 Å². The van der Waals surface area contributed by atoms with Crippen LogP contribution in [-0.2, 0) is 14.3 Å². The van der Waals surface area contributed by atoms with Crippen LogP contribution < -0.4 is 10.1 Å². The molecule has 0 bridgehead atoms. The fourth-order valence-electron chi connectivity index (χ4n) is 3.67. The number of rotatable bonds is 6. The van der Waals surface area contributed by atoms with Crippen LogP contribution in [0.2, 0.25) is 0 Å². The van der Waals surface area contributed by atoms with Crippen molar-refractivity contribution in [1.82, 2.24) is 5.32 Å². The fourth-order valence-corrected chi connectivity index (χ4v) is 3.67. The van der Waals surface area contributed by atoms with E-state index >= 15 is 0 Å². The molecule has 158 valence electrons. The van der Waals surface area contributed by atoms with E-state index < -0.39 is 5.97 Å². The molecule has 6 heteroatoms. The molecule has 0 spiro atoms. The Kier molecular flexibility index (Phi) is 7.22. The Labute approximate surface area is 176 Å². The third-order valence-corrected chi connectivity index (χ3v) is 5.36. The van der Waals surface area contributed by atoms with E-state index in [4.69, 9.17) is 9.47 Å². The SMILES string of the molecule is CC(=O)Oc1ccc(-c2ccc(C(=O)OCC(=O)N[C@H]3CCCC[C@@H]3C)cc2)cc1. The van der Waals surface area contributed by atoms with Gasteiger partial charge in [0.15, 0.2) is 6.61 Å². The lowest BCUT2D eigenvalue weighted by atomic mass is 9.86. The minimum absolute atomic E-state index is 0.163. The average Bonchev–Trinajstić information content (AvgIpc) is 2.74. The van der Waals surface area contributed by atoms with Gasteiger partial charge >= 0.3 is 11.9 Å². The molecule has 1 amide bonds. The van der Waals surface area contributed by atoms with Crippen LogP contribution in [0.4, 0.5) is 0 Å². The lowest BCUT2D eigenvalue weighted by Crippen LogP contribution is -2.42. The summed E-state index contributed by atoms with van der Waals surface area (Å²) in [6.45, 7) is 3.22. The van der Waals surface area contributed by atoms with Crippen LogP contribution in [-0.4, -0.2) is 30.5 Å². The van der Waals surface area contributed by atoms with Gasteiger partial charge in [-0.1, -0.05) is 44.0 Å². The highest BCUT2D eigenvalue weighted by molar-refractivity contribution is 5.92. The fraction of sp³-hybridized carbons (Fsp3) is 0.375. The molecular formula is C24H27NO5. The maximum absolute atomic E-state index is 12.3. The van der Waals surface area contributed by atoms with Crippen molar-refractivity contribution in [2.75, 3.05) is 6.61 Å². The minimum Gasteiger partial charge on any atom is -0.452 e. The first-order valence-corrected chi connectivity index (χ1v) is 10.3. The molecular weight excluding hydrogens is 382 g/mol. The maximum Gasteiger partial charge on any atom is 0.338 e. The van der Waals surface area contributed by atoms with E-state index in [9.17, 15) is 14.4 Å². The zero-order chi connectivity index (χ0) is 21.5. The summed E-state index contributed by atoms with van der Waals surface area (Å²) in [5.41, 5.74) is 2.21. The van der Waals surface area contributed by atoms with E-state index in [1.54, 1.807) is 36.4 Å². The van der Waals surface area contributed by atoms with Gasteiger partial charge in [0.05, 0.1) is 5.56 Å². The molecule has 3 rings (SSSR count). The smallest absolute Gasteiger partial charge is 0.338 e. The first kappa shape index (κ1) is 21.6. The molecule has 6 nitrogen and oxygen atoms in total. The van der Waals surface area contributed by atoms with Crippen molar-refractivity contribution in [3.8, 4) is 16.9 Å². The number of carbonyl (C=O) groups excluding carboxylic acids is 3. The number of benzene rings is 2. The lowest BCUT2D eigenvalue weighted by molar-refractivity contribution is -0.132. The van der Waals surface area contributed by atoms with Crippen molar-refractivity contribution in [3.05, 3.63) is 54.1 Å². The van der Waals surface area contributed by atoms with Gasteiger partial charge in [-0.3, -0.25) is 9.59 Å². The van der Waals surface area contributed by atoms with Crippen LogP contribution in [0, 0.1) is 5.92 Å². The maximum atomic E-state index is 12.3. The molecule has 1 saturated carbocycles. The summed E-state index contributed by atoms with van der Waals surface area (Å²) in [4.78, 5) is 35.3. The Bertz CT molecular complexity index is 889. The summed E-state index contributed by atoms with van der Waals surface area (Å²) in [6, 6.07) is 14.2. The highest BCUT2D eigenvalue weighted by atomic mass is 16.5. The molecule has 2 aromatic carbocycles. The Balaban J connectivity index is 1.52. The zero-order valence-electron chi connectivity index (χ0n) is 17.4. The molecule has 0 saturated heterocycles. The van der Waals surface area contributed by atoms with Crippen LogP contribution in [0.1, 0.15) is 49.9 Å². The zero-order valence-corrected chi connectivity index (χ0v) is 17.4. The Morgan fingerprint density at radius 1 is 0.933 bits per heavy atom. The third kappa shape index (κ3) is 5.92. The van der Waals surface area contributed by atoms with Crippen LogP contribution >= 0.6 is 0 Å². The Morgan fingerprint density at radius 3 is 2.13 bits per heavy atom. The van der Waals surface area contributed by atoms with Gasteiger partial charge in [0.2, 0.25) is 0 Å². The van der Waals surface area contributed by atoms with Crippen molar-refractivity contribution >= 4 is 17.8 Å². The first-order valence-electron chi connectivity index (χ1n) is 10.3. The lowest BCUT2D eigenvalue weighted by Gasteiger charge is -2.29. The summed E-state index contributed by atoms with van der Waals surface area (Å²) in [6.07, 6.45) is 4.41. The topological polar surface area (TPSA) is 81.7 Å². The van der Waals surface area contributed by atoms with Crippen molar-refractivity contribution < 1.29 is 23.9 Å². The highest BCUT2D eigenvalue weighted by Gasteiger charge is 2.23. The van der Waals surface area contributed by atoms with Crippen LogP contribution in [0.25, 0.3) is 11.1 Å². The van der Waals surface area contributed by atoms with E-state index in [-0.39, 0.29) is 24.5 Å². The minimum atomic E-state index is -0.529. The molecule has 0 heterocycles. The van der Waals surface area contributed by atoms with Gasteiger partial charge in [-0.15, -0.1) is 0 Å². The summed E-state index contributed by atoms with van der Waals surface area (Å²) < 4.78 is 10.2. The van der Waals surface area contributed by atoms with Gasteiger partial charge in [-0.05, 0) is 54.2 Å². The number of carbonyl (C=O) groups is 3. The predicted molar refractivity (Wildman–Crippen MR) is 113 cm³/mol. The standard InChI is InChI=1S/C24H27NO5/c1-16-5-3-4-6-22(16)25-23(27)15-29-24(28)20-9-7-18(8-10-20)19-11-13-21(14-12-19)30-17(2)26/h7-14,16,22H,3-6,15H2,1-2H3,(H,25,27)/t16-,22-/m0/s1. The first-order chi connectivity index (χ1) is 14.4. The second-order valence-corrected chi connectivity index (χ2v) is 7.71. The summed E-state index contributed by atoms with van der Waals surface area (Å²) in [5, 5.41) is 2.97. The molecule has 1 fully saturated rings. The average molecular weight is 409 g/mol. The summed E-state index contributed by atoms with van der Waals surface area (Å²) in [7, 11) is 0. The van der Waals surface area contributed by atoms with E-state index in [1.807, 2.05) is 12.1 Å². The third-order valence-electron chi connectivity index (χ3n) is 5.36. The van der Waals surface area contributed by atoms with Gasteiger partial charge in [-0.25, -0.2) is 4.79 Å². The normalized spacial score (nSPS) is 18.3. The predicted octanol–water partition coefficient (Wildman–Crippen LogP) is 4.13. The van der Waals surface area contributed by atoms with E-state index in [0.717, 1.165) is 30.4 Å². The molecule has 1 aliphatic carbocycles. The number of esters is 2. The van der Waals surface area contributed by atoms with Gasteiger partial charge < -0.3 is 14.8 Å². The molecule has 0 aliphatic heterocycles. The van der Waals surface area contributed by atoms with E-state index in [1.165, 1.54) is 13.3 Å². The van der Waals surface area contributed by atoms with Crippen LogP contribution in [0.15, 0.2) is 48.5 Å². The van der Waals surface area contributed by atoms with Crippen molar-refractivity contribution in [2.24, 2.45) is 5.92 Å². The molecule has 0 unspecified atom stereocenters. The number of hydrogen-bond donors (Lipinski definition) is 1. The summed E-state index contributed by atoms with van der Waals surface area (Å²) >= 11 is 0. The molecule has 2 atom stereocenters. The number of ether oxygens (including phenoxy) is 2. The Hall–Kier alpha value is -3.15. The number of hydrogen-bond acceptors (Lipinski definition) is 5. The van der Waals surface area contributed by atoms with Crippen molar-refractivity contribution in [2.45, 2.75) is 45.6 Å². The molecule has 0 aromatic heterocycles. The monoisotopic (exact) mass is 409 g/mol. The van der Waals surface area contributed by atoms with Crippen molar-refractivity contribution in [1.29, 1.82) is 0 Å². The second kappa shape index (κ2) is 10.1. The number of nitrogens with one attached hydrogen (secondary N) is 1. The van der Waals surface area contributed by atoms with Crippen molar-refractivity contribution in [3.63, 3.8) is 0 Å². The van der Waals surface area contributed by atoms with Gasteiger partial charge in [0.25, 0.3) is 5.91 Å². The second-order valence-electron chi connectivity index (χ2n) is 7.71. The molecule has 1 N–H and O–H groups in total. The molecule has 2 aromatic rings. The van der Waals surface area contributed by atoms with Gasteiger partial charge in [0.1, 0.15) is 5.75 Å². The quantitative estimate of drug-likeness (QED) is 0.573. The molecule has 0 radical (unpaired) electrons. The van der Waals surface area contributed by atoms with E-state index in [2.05, 4.69) is 12.2 Å². The molecule has 1 aliphatic rings. The van der Waals surface area contributed by atoms with Gasteiger partial charge in [0, 0.05) is 13.0 Å². The molecule has 30 heavy (non-hydrogen) atoms. The van der Waals surface area contributed by atoms with Gasteiger partial charge in [-0.2, -0.15) is 0 Å². The number of amides is 1. The largest absolute Gasteiger partial charge is 0.452 e. The highest BCUT2D eigenvalue weighted by Crippen LogP contribution is 2.24. The van der Waals surface area contributed by atoms with E-state index in [0.29, 0.717) is 17.2 Å². The van der Waals surface area contributed by atoms with Crippen LogP contribution in [0.5, 0.6) is 5.75 Å².